The van der Waals surface area contributed by atoms with Gasteiger partial charge in [0.2, 0.25) is 0 Å². The molecule has 1 aliphatic carbocycles. The van der Waals surface area contributed by atoms with Crippen molar-refractivity contribution in [2.24, 2.45) is 0 Å². The van der Waals surface area contributed by atoms with E-state index in [0.29, 0.717) is 0 Å². The molecule has 0 radical (unpaired) electrons. The van der Waals surface area contributed by atoms with Crippen LogP contribution >= 0.6 is 0 Å². The lowest BCUT2D eigenvalue weighted by molar-refractivity contribution is 0.633. The third-order valence-electron chi connectivity index (χ3n) is 14.5. The van der Waals surface area contributed by atoms with E-state index in [4.69, 9.17) is 8.83 Å². The van der Waals surface area contributed by atoms with E-state index in [-0.39, 0.29) is 5.41 Å². The molecule has 0 unspecified atom stereocenters. The molecule has 11 aromatic carbocycles. The van der Waals surface area contributed by atoms with Gasteiger partial charge in [-0.2, -0.15) is 0 Å². The van der Waals surface area contributed by atoms with Crippen LogP contribution in [-0.2, 0) is 5.41 Å². The van der Waals surface area contributed by atoms with Gasteiger partial charge in [0, 0.05) is 27.0 Å². The molecule has 0 saturated heterocycles. The SMILES string of the molecule is CC1(C)c2ccccc2-c2ccc(-c3ccc4c5ccc(-c6cccc(-c7cccc(-c8ccc9oc%10c(ccc%11c%12ccccc%12oc%11%10)c9c8)c7)c6)cc5c5ccccc5c4c3)cc21. The molecule has 0 atom stereocenters. The lowest BCUT2D eigenvalue weighted by atomic mass is 9.81. The average Bonchev–Trinajstić information content (AvgIpc) is 4.01. The molecule has 304 valence electrons. The first-order chi connectivity index (χ1) is 31.9. The van der Waals surface area contributed by atoms with Crippen LogP contribution in [0.4, 0.5) is 0 Å². The van der Waals surface area contributed by atoms with Crippen LogP contribution in [0.2, 0.25) is 0 Å². The van der Waals surface area contributed by atoms with Gasteiger partial charge < -0.3 is 8.83 Å². The molecule has 0 spiro atoms. The zero-order chi connectivity index (χ0) is 43.0. The summed E-state index contributed by atoms with van der Waals surface area (Å²) in [6.07, 6.45) is 0. The molecule has 2 aromatic heterocycles. The first-order valence-electron chi connectivity index (χ1n) is 22.6. The number of rotatable bonds is 4. The van der Waals surface area contributed by atoms with Crippen molar-refractivity contribution in [2.75, 3.05) is 0 Å². The Kier molecular flexibility index (Phi) is 7.49. The smallest absolute Gasteiger partial charge is 0.178 e. The normalized spacial score (nSPS) is 13.2. The minimum absolute atomic E-state index is 0.0401. The van der Waals surface area contributed by atoms with Gasteiger partial charge >= 0.3 is 0 Å². The molecular formula is C63H40O2. The Morgan fingerprint density at radius 2 is 0.677 bits per heavy atom. The number of hydrogen-bond donors (Lipinski definition) is 0. The first kappa shape index (κ1) is 36.3. The number of fused-ring (bicyclic) bond motifs is 16. The van der Waals surface area contributed by atoms with Crippen molar-refractivity contribution in [3.05, 3.63) is 217 Å². The van der Waals surface area contributed by atoms with Crippen molar-refractivity contribution in [3.8, 4) is 55.6 Å². The van der Waals surface area contributed by atoms with Gasteiger partial charge in [-0.25, -0.2) is 0 Å². The van der Waals surface area contributed by atoms with E-state index >= 15 is 0 Å². The quantitative estimate of drug-likeness (QED) is 0.165. The predicted molar refractivity (Wildman–Crippen MR) is 273 cm³/mol. The van der Waals surface area contributed by atoms with Crippen molar-refractivity contribution in [3.63, 3.8) is 0 Å². The molecule has 14 rings (SSSR count). The second-order valence-corrected chi connectivity index (χ2v) is 18.4. The van der Waals surface area contributed by atoms with E-state index in [1.54, 1.807) is 0 Å². The average molecular weight is 829 g/mol. The Labute approximate surface area is 375 Å². The van der Waals surface area contributed by atoms with Gasteiger partial charge in [0.15, 0.2) is 11.2 Å². The van der Waals surface area contributed by atoms with E-state index in [2.05, 4.69) is 202 Å². The fraction of sp³-hybridized carbons (Fsp3) is 0.0476. The highest BCUT2D eigenvalue weighted by atomic mass is 16.4. The second kappa shape index (κ2) is 13.4. The standard InChI is InChI=1S/C63H40O2/c1-63(2)57-19-7-5-17-49(57)50-27-23-44(36-58(50)63)42-22-26-48-47-25-21-41(33-54(47)45-15-3-4-16-46(45)55(48)34-42)39-13-9-11-37(31-39)38-12-10-14-40(32-38)43-24-30-60-56(35-43)53-29-28-52-51-18-6-8-20-59(51)64-61(52)62(53)65-60/h3-36H,1-2H3. The molecule has 2 nitrogen and oxygen atoms in total. The summed E-state index contributed by atoms with van der Waals surface area (Å²) in [5.41, 5.74) is 18.4. The molecule has 0 amide bonds. The Hall–Kier alpha value is -8.20. The summed E-state index contributed by atoms with van der Waals surface area (Å²) >= 11 is 0. The topological polar surface area (TPSA) is 26.3 Å². The Balaban J connectivity index is 0.821. The lowest BCUT2D eigenvalue weighted by Crippen LogP contribution is -2.14. The summed E-state index contributed by atoms with van der Waals surface area (Å²) in [7, 11) is 0. The number of benzene rings is 11. The van der Waals surface area contributed by atoms with E-state index in [9.17, 15) is 0 Å². The third kappa shape index (κ3) is 5.35. The molecule has 65 heavy (non-hydrogen) atoms. The van der Waals surface area contributed by atoms with Gasteiger partial charge in [0.1, 0.15) is 11.2 Å². The van der Waals surface area contributed by atoms with Crippen molar-refractivity contribution < 1.29 is 8.83 Å². The lowest BCUT2D eigenvalue weighted by Gasteiger charge is -2.22. The summed E-state index contributed by atoms with van der Waals surface area (Å²) in [6.45, 7) is 4.71. The predicted octanol–water partition coefficient (Wildman–Crippen LogP) is 17.9. The molecule has 0 saturated carbocycles. The Bertz CT molecular complexity index is 4140. The van der Waals surface area contributed by atoms with Crippen LogP contribution in [0.3, 0.4) is 0 Å². The summed E-state index contributed by atoms with van der Waals surface area (Å²) in [5, 5.41) is 12.0. The summed E-state index contributed by atoms with van der Waals surface area (Å²) in [6, 6.07) is 75.8. The highest BCUT2D eigenvalue weighted by molar-refractivity contribution is 6.26. The van der Waals surface area contributed by atoms with Crippen LogP contribution < -0.4 is 0 Å². The van der Waals surface area contributed by atoms with Gasteiger partial charge in [-0.3, -0.25) is 0 Å². The Morgan fingerprint density at radius 3 is 1.31 bits per heavy atom. The van der Waals surface area contributed by atoms with Crippen LogP contribution in [0.25, 0.3) is 132 Å². The minimum Gasteiger partial charge on any atom is -0.452 e. The molecule has 2 heteroatoms. The fourth-order valence-electron chi connectivity index (χ4n) is 11.2. The van der Waals surface area contributed by atoms with Crippen molar-refractivity contribution in [1.29, 1.82) is 0 Å². The Morgan fingerprint density at radius 1 is 0.262 bits per heavy atom. The molecule has 2 heterocycles. The van der Waals surface area contributed by atoms with Crippen LogP contribution in [0.5, 0.6) is 0 Å². The number of furan rings is 2. The zero-order valence-corrected chi connectivity index (χ0v) is 35.9. The van der Waals surface area contributed by atoms with E-state index in [1.807, 2.05) is 18.2 Å². The van der Waals surface area contributed by atoms with Gasteiger partial charge in [0.25, 0.3) is 0 Å². The largest absolute Gasteiger partial charge is 0.452 e. The molecule has 0 N–H and O–H groups in total. The molecule has 0 aliphatic heterocycles. The maximum Gasteiger partial charge on any atom is 0.178 e. The van der Waals surface area contributed by atoms with Crippen molar-refractivity contribution in [1.82, 2.24) is 0 Å². The van der Waals surface area contributed by atoms with E-state index in [0.717, 1.165) is 55.0 Å². The molecule has 1 aliphatic rings. The van der Waals surface area contributed by atoms with Crippen LogP contribution in [-0.4, -0.2) is 0 Å². The van der Waals surface area contributed by atoms with Gasteiger partial charge in [-0.05, 0) is 160 Å². The van der Waals surface area contributed by atoms with E-state index in [1.165, 1.54) is 88.0 Å². The number of hydrogen-bond acceptors (Lipinski definition) is 2. The highest BCUT2D eigenvalue weighted by Gasteiger charge is 2.35. The van der Waals surface area contributed by atoms with Gasteiger partial charge in [0.05, 0.1) is 0 Å². The monoisotopic (exact) mass is 828 g/mol. The van der Waals surface area contributed by atoms with E-state index < -0.39 is 0 Å². The maximum atomic E-state index is 6.46. The molecule has 0 bridgehead atoms. The fourth-order valence-corrected chi connectivity index (χ4v) is 11.2. The molecule has 0 fully saturated rings. The first-order valence-corrected chi connectivity index (χ1v) is 22.6. The van der Waals surface area contributed by atoms with Gasteiger partial charge in [-0.15, -0.1) is 0 Å². The summed E-state index contributed by atoms with van der Waals surface area (Å²) in [4.78, 5) is 0. The van der Waals surface area contributed by atoms with Crippen molar-refractivity contribution in [2.45, 2.75) is 19.3 Å². The summed E-state index contributed by atoms with van der Waals surface area (Å²) < 4.78 is 12.8. The minimum atomic E-state index is -0.0401. The third-order valence-corrected chi connectivity index (χ3v) is 14.5. The highest BCUT2D eigenvalue weighted by Crippen LogP contribution is 2.50. The van der Waals surface area contributed by atoms with Crippen LogP contribution in [0.15, 0.2) is 215 Å². The van der Waals surface area contributed by atoms with Crippen LogP contribution in [0, 0.1) is 0 Å². The van der Waals surface area contributed by atoms with Crippen LogP contribution in [0.1, 0.15) is 25.0 Å². The molecular weight excluding hydrogens is 789 g/mol. The summed E-state index contributed by atoms with van der Waals surface area (Å²) in [5.74, 6) is 0. The second-order valence-electron chi connectivity index (χ2n) is 18.4. The van der Waals surface area contributed by atoms with Gasteiger partial charge in [-0.1, -0.05) is 159 Å². The van der Waals surface area contributed by atoms with Crippen molar-refractivity contribution >= 4 is 76.2 Å². The number of para-hydroxylation sites is 1. The zero-order valence-electron chi connectivity index (χ0n) is 35.9. The maximum absolute atomic E-state index is 6.46. The molecule has 13 aromatic rings.